The Morgan fingerprint density at radius 2 is 1.48 bits per heavy atom. The molecule has 0 aliphatic heterocycles. The van der Waals surface area contributed by atoms with E-state index in [-0.39, 0.29) is 13.2 Å². The second-order valence-electron chi connectivity index (χ2n) is 6.42. The minimum absolute atomic E-state index is 0.0605. The Bertz CT molecular complexity index is 596. The van der Waals surface area contributed by atoms with Crippen LogP contribution in [0.5, 0.6) is 5.75 Å². The van der Waals surface area contributed by atoms with Crippen LogP contribution in [0.1, 0.15) is 65.7 Å². The highest BCUT2D eigenvalue weighted by molar-refractivity contribution is 7.87. The van der Waals surface area contributed by atoms with E-state index in [1.54, 1.807) is 38.1 Å². The summed E-state index contributed by atoms with van der Waals surface area (Å²) in [7, 11) is -4.69. The molecule has 0 bridgehead atoms. The van der Waals surface area contributed by atoms with E-state index >= 15 is 0 Å². The summed E-state index contributed by atoms with van der Waals surface area (Å²) >= 11 is 0. The number of ether oxygens (including phenoxy) is 3. The Morgan fingerprint density at radius 1 is 0.926 bits per heavy atom. The van der Waals surface area contributed by atoms with E-state index in [2.05, 4.69) is 6.92 Å². The summed E-state index contributed by atoms with van der Waals surface area (Å²) < 4.78 is 51.4. The van der Waals surface area contributed by atoms with Crippen molar-refractivity contribution < 1.29 is 27.2 Å². The largest absolute Gasteiger partial charge is 0.483 e. The van der Waals surface area contributed by atoms with Gasteiger partial charge < -0.3 is 14.2 Å². The molecule has 0 aromatic heterocycles. The number of hydrogen-bond donors (Lipinski definition) is 1. The monoisotopic (exact) mass is 402 g/mol. The molecule has 27 heavy (non-hydrogen) atoms. The summed E-state index contributed by atoms with van der Waals surface area (Å²) in [4.78, 5) is 0. The molecule has 7 heteroatoms. The lowest BCUT2D eigenvalue weighted by molar-refractivity contribution is -0.222. The standard InChI is InChI=1S/C20H34O6S/c1-4-7-8-9-10-14-17-19(26-18-15-12-11-13-16-18)20(24-5-2,25-6-3)27(21,22)23/h11-13,15-16,19H,4-10,14,17H2,1-3H3,(H,21,22,23). The topological polar surface area (TPSA) is 82.1 Å². The first-order valence-electron chi connectivity index (χ1n) is 9.87. The molecule has 1 unspecified atom stereocenters. The minimum Gasteiger partial charge on any atom is -0.483 e. The van der Waals surface area contributed by atoms with Crippen molar-refractivity contribution in [2.45, 2.75) is 76.9 Å². The Labute approximate surface area is 164 Å². The summed E-state index contributed by atoms with van der Waals surface area (Å²) in [5.74, 6) is 0.501. The van der Waals surface area contributed by atoms with Gasteiger partial charge in [0.2, 0.25) is 0 Å². The number of hydrogen-bond acceptors (Lipinski definition) is 5. The molecule has 6 nitrogen and oxygen atoms in total. The van der Waals surface area contributed by atoms with Crippen LogP contribution in [0.4, 0.5) is 0 Å². The lowest BCUT2D eigenvalue weighted by Gasteiger charge is -2.36. The van der Waals surface area contributed by atoms with Crippen LogP contribution in [0.15, 0.2) is 30.3 Å². The molecule has 0 aliphatic carbocycles. The molecule has 1 atom stereocenters. The molecule has 0 saturated carbocycles. The van der Waals surface area contributed by atoms with E-state index < -0.39 is 21.3 Å². The van der Waals surface area contributed by atoms with E-state index in [9.17, 15) is 13.0 Å². The summed E-state index contributed by atoms with van der Waals surface area (Å²) in [5, 5.41) is -2.24. The zero-order valence-corrected chi connectivity index (χ0v) is 17.5. The predicted octanol–water partition coefficient (Wildman–Crippen LogP) is 4.80. The number of rotatable bonds is 15. The zero-order valence-electron chi connectivity index (χ0n) is 16.7. The maximum absolute atomic E-state index is 12.3. The van der Waals surface area contributed by atoms with Crippen molar-refractivity contribution in [3.05, 3.63) is 30.3 Å². The fraction of sp³-hybridized carbons (Fsp3) is 0.700. The van der Waals surface area contributed by atoms with E-state index in [0.717, 1.165) is 25.7 Å². The molecule has 0 aliphatic rings. The van der Waals surface area contributed by atoms with E-state index in [1.807, 2.05) is 6.07 Å². The van der Waals surface area contributed by atoms with Crippen LogP contribution in [0.25, 0.3) is 0 Å². The van der Waals surface area contributed by atoms with Crippen LogP contribution in [-0.2, 0) is 19.6 Å². The Morgan fingerprint density at radius 3 is 2.00 bits per heavy atom. The van der Waals surface area contributed by atoms with Crippen molar-refractivity contribution in [1.29, 1.82) is 0 Å². The third kappa shape index (κ3) is 7.41. The SMILES string of the molecule is CCCCCCCCC(Oc1ccccc1)C(OCC)(OCC)S(=O)(=O)O. The van der Waals surface area contributed by atoms with Crippen LogP contribution in [-0.4, -0.2) is 37.4 Å². The van der Waals surface area contributed by atoms with Gasteiger partial charge in [0, 0.05) is 13.2 Å². The van der Waals surface area contributed by atoms with Crippen LogP contribution in [0.2, 0.25) is 0 Å². The predicted molar refractivity (Wildman–Crippen MR) is 106 cm³/mol. The Hall–Kier alpha value is -1.15. The normalized spacial score (nSPS) is 13.5. The molecule has 0 amide bonds. The molecule has 156 valence electrons. The van der Waals surface area contributed by atoms with Crippen molar-refractivity contribution in [2.24, 2.45) is 0 Å². The second-order valence-corrected chi connectivity index (χ2v) is 7.94. The fourth-order valence-corrected chi connectivity index (χ4v) is 4.06. The maximum atomic E-state index is 12.3. The fourth-order valence-electron chi connectivity index (χ4n) is 3.03. The van der Waals surface area contributed by atoms with Gasteiger partial charge >= 0.3 is 15.2 Å². The van der Waals surface area contributed by atoms with Gasteiger partial charge in [0.25, 0.3) is 0 Å². The molecule has 1 aromatic carbocycles. The van der Waals surface area contributed by atoms with Crippen LogP contribution >= 0.6 is 0 Å². The lowest BCUT2D eigenvalue weighted by Crippen LogP contribution is -2.56. The molecular weight excluding hydrogens is 368 g/mol. The van der Waals surface area contributed by atoms with Crippen LogP contribution in [0, 0.1) is 0 Å². The average Bonchev–Trinajstić information content (AvgIpc) is 2.63. The van der Waals surface area contributed by atoms with Crippen molar-refractivity contribution >= 4 is 10.1 Å². The highest BCUT2D eigenvalue weighted by Gasteiger charge is 2.54. The lowest BCUT2D eigenvalue weighted by atomic mass is 10.1. The van der Waals surface area contributed by atoms with Gasteiger partial charge in [-0.05, 0) is 38.8 Å². The first kappa shape index (κ1) is 23.9. The molecule has 0 heterocycles. The van der Waals surface area contributed by atoms with E-state index in [1.165, 1.54) is 12.8 Å². The number of unbranched alkanes of at least 4 members (excludes halogenated alkanes) is 5. The average molecular weight is 403 g/mol. The van der Waals surface area contributed by atoms with Crippen molar-refractivity contribution in [3.8, 4) is 5.75 Å². The van der Waals surface area contributed by atoms with Crippen molar-refractivity contribution in [2.75, 3.05) is 13.2 Å². The first-order valence-corrected chi connectivity index (χ1v) is 11.3. The third-order valence-corrected chi connectivity index (χ3v) is 5.50. The molecule has 0 fully saturated rings. The van der Waals surface area contributed by atoms with Crippen molar-refractivity contribution in [1.82, 2.24) is 0 Å². The first-order chi connectivity index (χ1) is 12.9. The van der Waals surface area contributed by atoms with Crippen molar-refractivity contribution in [3.63, 3.8) is 0 Å². The van der Waals surface area contributed by atoms with Gasteiger partial charge in [0.1, 0.15) is 5.75 Å². The molecule has 1 rings (SSSR count). The Kier molecular flexibility index (Phi) is 10.9. The number of benzene rings is 1. The van der Waals surface area contributed by atoms with Gasteiger partial charge in [-0.1, -0.05) is 57.2 Å². The van der Waals surface area contributed by atoms with Crippen LogP contribution < -0.4 is 4.74 Å². The summed E-state index contributed by atoms with van der Waals surface area (Å²) in [6.07, 6.45) is 5.70. The van der Waals surface area contributed by atoms with E-state index in [0.29, 0.717) is 12.2 Å². The number of para-hydroxylation sites is 1. The van der Waals surface area contributed by atoms with Gasteiger partial charge in [-0.3, -0.25) is 4.55 Å². The van der Waals surface area contributed by atoms with E-state index in [4.69, 9.17) is 14.2 Å². The van der Waals surface area contributed by atoms with Gasteiger partial charge in [-0.25, -0.2) is 0 Å². The summed E-state index contributed by atoms with van der Waals surface area (Å²) in [6.45, 7) is 5.59. The zero-order chi connectivity index (χ0) is 20.2. The molecule has 1 N–H and O–H groups in total. The Balaban J connectivity index is 3.03. The van der Waals surface area contributed by atoms with Gasteiger partial charge in [0.05, 0.1) is 0 Å². The molecule has 1 aromatic rings. The smallest absolute Gasteiger partial charge is 0.338 e. The molecule has 0 radical (unpaired) electrons. The third-order valence-electron chi connectivity index (χ3n) is 4.29. The molecule has 0 spiro atoms. The highest BCUT2D eigenvalue weighted by atomic mass is 32.2. The molecular formula is C20H34O6S. The summed E-state index contributed by atoms with van der Waals surface area (Å²) in [5.41, 5.74) is 0. The van der Waals surface area contributed by atoms with Gasteiger partial charge in [-0.2, -0.15) is 8.42 Å². The maximum Gasteiger partial charge on any atom is 0.338 e. The summed E-state index contributed by atoms with van der Waals surface area (Å²) in [6, 6.07) is 8.92. The van der Waals surface area contributed by atoms with Crippen LogP contribution in [0.3, 0.4) is 0 Å². The molecule has 0 saturated heterocycles. The van der Waals surface area contributed by atoms with Gasteiger partial charge in [-0.15, -0.1) is 0 Å². The highest BCUT2D eigenvalue weighted by Crippen LogP contribution is 2.32. The second kappa shape index (κ2) is 12.3. The quantitative estimate of drug-likeness (QED) is 0.258. The minimum atomic E-state index is -4.69. The van der Waals surface area contributed by atoms with Gasteiger partial charge in [0.15, 0.2) is 6.10 Å².